The second-order valence-electron chi connectivity index (χ2n) is 4.39. The summed E-state index contributed by atoms with van der Waals surface area (Å²) in [6, 6.07) is 4.40. The summed E-state index contributed by atoms with van der Waals surface area (Å²) in [7, 11) is 0. The van der Waals surface area contributed by atoms with Gasteiger partial charge in [-0.3, -0.25) is 0 Å². The van der Waals surface area contributed by atoms with Crippen molar-refractivity contribution in [1.82, 2.24) is 0 Å². The van der Waals surface area contributed by atoms with Crippen LogP contribution in [-0.2, 0) is 6.42 Å². The van der Waals surface area contributed by atoms with Crippen molar-refractivity contribution in [3.63, 3.8) is 0 Å². The number of aryl methyl sites for hydroxylation is 2. The van der Waals surface area contributed by atoms with Gasteiger partial charge in [0.05, 0.1) is 5.56 Å². The van der Waals surface area contributed by atoms with Gasteiger partial charge in [0.25, 0.3) is 0 Å². The molecule has 2 aromatic carbocycles. The Kier molecular flexibility index (Phi) is 3.60. The molecule has 0 saturated heterocycles. The maximum atomic E-state index is 13.8. The molecule has 0 nitrogen and oxygen atoms in total. The fraction of sp³-hybridized carbons (Fsp3) is 0.200. The average Bonchev–Trinajstić information content (AvgIpc) is 2.32. The highest BCUT2D eigenvalue weighted by atomic mass is 19.2. The third kappa shape index (κ3) is 2.48. The summed E-state index contributed by atoms with van der Waals surface area (Å²) >= 11 is 0. The van der Waals surface area contributed by atoms with Crippen LogP contribution >= 0.6 is 0 Å². The topological polar surface area (TPSA) is 0 Å². The second kappa shape index (κ2) is 5.03. The molecule has 0 radical (unpaired) electrons. The van der Waals surface area contributed by atoms with Gasteiger partial charge in [0.1, 0.15) is 11.6 Å². The van der Waals surface area contributed by atoms with Crippen molar-refractivity contribution in [2.75, 3.05) is 0 Å². The Hall–Kier alpha value is -1.84. The van der Waals surface area contributed by atoms with Crippen LogP contribution in [0.1, 0.15) is 18.1 Å². The summed E-state index contributed by atoms with van der Waals surface area (Å²) in [5, 5.41) is 0. The third-order valence-electron chi connectivity index (χ3n) is 2.96. The maximum Gasteiger partial charge on any atom is 0.162 e. The maximum absolute atomic E-state index is 13.8. The van der Waals surface area contributed by atoms with E-state index in [9.17, 15) is 17.6 Å². The van der Waals surface area contributed by atoms with Gasteiger partial charge >= 0.3 is 0 Å². The Bertz CT molecular complexity index is 609. The summed E-state index contributed by atoms with van der Waals surface area (Å²) in [5.74, 6) is -3.65. The molecule has 0 saturated carbocycles. The van der Waals surface area contributed by atoms with Gasteiger partial charge in [-0.1, -0.05) is 6.92 Å². The molecule has 19 heavy (non-hydrogen) atoms. The van der Waals surface area contributed by atoms with Crippen molar-refractivity contribution in [2.45, 2.75) is 20.3 Å². The summed E-state index contributed by atoms with van der Waals surface area (Å²) < 4.78 is 54.5. The van der Waals surface area contributed by atoms with Crippen molar-refractivity contribution < 1.29 is 17.6 Å². The molecule has 0 aliphatic heterocycles. The highest BCUT2D eigenvalue weighted by Gasteiger charge is 2.16. The predicted octanol–water partition coefficient (Wildman–Crippen LogP) is 4.78. The van der Waals surface area contributed by atoms with Crippen LogP contribution in [0.15, 0.2) is 24.3 Å². The lowest BCUT2D eigenvalue weighted by atomic mass is 9.99. The number of rotatable bonds is 2. The molecule has 4 heteroatoms. The van der Waals surface area contributed by atoms with E-state index in [1.165, 1.54) is 6.07 Å². The molecule has 0 unspecified atom stereocenters. The molecule has 0 atom stereocenters. The summed E-state index contributed by atoms with van der Waals surface area (Å²) in [5.41, 5.74) is 0.191. The first-order chi connectivity index (χ1) is 8.93. The monoisotopic (exact) mass is 268 g/mol. The van der Waals surface area contributed by atoms with Crippen molar-refractivity contribution in [2.24, 2.45) is 0 Å². The van der Waals surface area contributed by atoms with Crippen LogP contribution in [0, 0.1) is 30.2 Å². The van der Waals surface area contributed by atoms with E-state index in [4.69, 9.17) is 0 Å². The van der Waals surface area contributed by atoms with E-state index in [1.54, 1.807) is 13.8 Å². The lowest BCUT2D eigenvalue weighted by molar-refractivity contribution is 0.500. The molecule has 0 aliphatic carbocycles. The molecule has 100 valence electrons. The Morgan fingerprint density at radius 3 is 1.95 bits per heavy atom. The average molecular weight is 268 g/mol. The van der Waals surface area contributed by atoms with E-state index in [-0.39, 0.29) is 23.1 Å². The largest absolute Gasteiger partial charge is 0.206 e. The lowest BCUT2D eigenvalue weighted by Gasteiger charge is -2.09. The molecule has 0 aromatic heterocycles. The van der Waals surface area contributed by atoms with Crippen LogP contribution in [0.4, 0.5) is 17.6 Å². The molecule has 0 aliphatic rings. The van der Waals surface area contributed by atoms with Crippen LogP contribution in [0.25, 0.3) is 11.1 Å². The van der Waals surface area contributed by atoms with Gasteiger partial charge in [-0.05, 0) is 54.3 Å². The van der Waals surface area contributed by atoms with Crippen molar-refractivity contribution in [1.29, 1.82) is 0 Å². The van der Waals surface area contributed by atoms with E-state index < -0.39 is 23.3 Å². The predicted molar refractivity (Wildman–Crippen MR) is 65.8 cm³/mol. The summed E-state index contributed by atoms with van der Waals surface area (Å²) in [4.78, 5) is 0. The Balaban J connectivity index is 2.69. The fourth-order valence-corrected chi connectivity index (χ4v) is 2.02. The minimum Gasteiger partial charge on any atom is -0.206 e. The van der Waals surface area contributed by atoms with Gasteiger partial charge in [-0.15, -0.1) is 0 Å². The van der Waals surface area contributed by atoms with Crippen LogP contribution < -0.4 is 0 Å². The minimum absolute atomic E-state index is 0.00532. The number of hydrogen-bond donors (Lipinski definition) is 0. The molecular weight excluding hydrogens is 256 g/mol. The van der Waals surface area contributed by atoms with Gasteiger partial charge in [0.15, 0.2) is 11.6 Å². The molecule has 2 rings (SSSR count). The van der Waals surface area contributed by atoms with Crippen molar-refractivity contribution in [3.8, 4) is 11.1 Å². The van der Waals surface area contributed by atoms with Crippen LogP contribution in [0.5, 0.6) is 0 Å². The molecule has 2 aromatic rings. The van der Waals surface area contributed by atoms with Crippen molar-refractivity contribution >= 4 is 0 Å². The number of hydrogen-bond acceptors (Lipinski definition) is 0. The van der Waals surface area contributed by atoms with Crippen LogP contribution in [0.3, 0.4) is 0 Å². The smallest absolute Gasteiger partial charge is 0.162 e. The van der Waals surface area contributed by atoms with E-state index in [0.717, 1.165) is 18.2 Å². The minimum atomic E-state index is -1.10. The second-order valence-corrected chi connectivity index (χ2v) is 4.39. The summed E-state index contributed by atoms with van der Waals surface area (Å²) in [6.07, 6.45) is 0.242. The lowest BCUT2D eigenvalue weighted by Crippen LogP contribution is -1.98. The highest BCUT2D eigenvalue weighted by Crippen LogP contribution is 2.30. The van der Waals surface area contributed by atoms with E-state index in [2.05, 4.69) is 0 Å². The molecule has 0 spiro atoms. The first kappa shape index (κ1) is 13.6. The fourth-order valence-electron chi connectivity index (χ4n) is 2.02. The zero-order valence-electron chi connectivity index (χ0n) is 10.5. The van der Waals surface area contributed by atoms with Crippen LogP contribution in [0.2, 0.25) is 0 Å². The molecule has 0 heterocycles. The molecule has 0 amide bonds. The van der Waals surface area contributed by atoms with Gasteiger partial charge in [0.2, 0.25) is 0 Å². The Morgan fingerprint density at radius 1 is 0.842 bits per heavy atom. The quantitative estimate of drug-likeness (QED) is 0.687. The highest BCUT2D eigenvalue weighted by molar-refractivity contribution is 5.66. The molecular formula is C15H12F4. The SMILES string of the molecule is CCc1cc(-c2c(F)cc(C)cc2F)cc(F)c1F. The van der Waals surface area contributed by atoms with Gasteiger partial charge in [-0.25, -0.2) is 17.6 Å². The third-order valence-corrected chi connectivity index (χ3v) is 2.96. The summed E-state index contributed by atoms with van der Waals surface area (Å²) in [6.45, 7) is 3.20. The zero-order valence-corrected chi connectivity index (χ0v) is 10.5. The zero-order chi connectivity index (χ0) is 14.2. The van der Waals surface area contributed by atoms with Gasteiger partial charge in [-0.2, -0.15) is 0 Å². The van der Waals surface area contributed by atoms with Crippen LogP contribution in [-0.4, -0.2) is 0 Å². The van der Waals surface area contributed by atoms with Crippen molar-refractivity contribution in [3.05, 3.63) is 58.7 Å². The van der Waals surface area contributed by atoms with E-state index in [1.807, 2.05) is 0 Å². The molecule has 0 fully saturated rings. The Morgan fingerprint density at radius 2 is 1.42 bits per heavy atom. The normalized spacial score (nSPS) is 10.8. The molecule has 0 bridgehead atoms. The number of halogens is 4. The van der Waals surface area contributed by atoms with E-state index >= 15 is 0 Å². The van der Waals surface area contributed by atoms with E-state index in [0.29, 0.717) is 5.56 Å². The standard InChI is InChI=1S/C15H12F4/c1-3-9-6-10(7-13(18)15(9)19)14-11(16)4-8(2)5-12(14)17/h4-7H,3H2,1-2H3. The van der Waals surface area contributed by atoms with Gasteiger partial charge in [0, 0.05) is 0 Å². The first-order valence-electron chi connectivity index (χ1n) is 5.88. The number of benzene rings is 2. The molecule has 0 N–H and O–H groups in total. The Labute approximate surface area is 108 Å². The first-order valence-corrected chi connectivity index (χ1v) is 5.88. The van der Waals surface area contributed by atoms with Gasteiger partial charge < -0.3 is 0 Å².